The molecule has 19 aromatic rings. The average Bonchev–Trinajstić information content (AvgIpc) is 1.59. The molecular weight excluding hydrogens is 1210 g/mol. The van der Waals surface area contributed by atoms with Crippen LogP contribution in [0.4, 0.5) is 34.1 Å². The number of anilines is 6. The minimum atomic E-state index is 1.06. The Labute approximate surface area is 579 Å². The number of benzene rings is 15. The predicted molar refractivity (Wildman–Crippen MR) is 420 cm³/mol. The molecule has 0 amide bonds. The smallest absolute Gasteiger partial charge is 0.0542 e. The molecule has 0 bridgehead atoms. The van der Waals surface area contributed by atoms with Gasteiger partial charge in [0.05, 0.1) is 44.5 Å². The van der Waals surface area contributed by atoms with E-state index in [1.54, 1.807) is 0 Å². The van der Waals surface area contributed by atoms with E-state index in [0.29, 0.717) is 0 Å². The second-order valence-electron chi connectivity index (χ2n) is 25.7. The fourth-order valence-electron chi connectivity index (χ4n) is 15.3. The van der Waals surface area contributed by atoms with E-state index in [2.05, 4.69) is 416 Å². The van der Waals surface area contributed by atoms with Crippen LogP contribution in [0.5, 0.6) is 0 Å². The molecule has 4 heterocycles. The Kier molecular flexibility index (Phi) is 14.1. The summed E-state index contributed by atoms with van der Waals surface area (Å²) >= 11 is 0. The first kappa shape index (κ1) is 58.0. The van der Waals surface area contributed by atoms with Crippen LogP contribution in [0, 0.1) is 0 Å². The summed E-state index contributed by atoms with van der Waals surface area (Å²) in [5, 5.41) is 7.09. The summed E-state index contributed by atoms with van der Waals surface area (Å²) in [5.41, 5.74) is 26.9. The molecule has 6 heteroatoms. The highest BCUT2D eigenvalue weighted by atomic mass is 15.2. The SMILES string of the molecule is c1ccc(-c2ccc(-c3cc4cc5c(cc(-c6ccc(-c7ccccc7)cc6)n5-c5ccc(N(c6ccccc6)c6ccc7c(c6)c6ccccc6n7-c6ccccc6)cc5)cc4n3-c3ccc(N(c4ccccc4)c4ccc5c(c4)c4ccccc4n5-c4ccccc4)cc3)cc2)cc1. The van der Waals surface area contributed by atoms with Crippen molar-refractivity contribution in [3.8, 4) is 67.5 Å². The summed E-state index contributed by atoms with van der Waals surface area (Å²) in [7, 11) is 0. The van der Waals surface area contributed by atoms with Gasteiger partial charge in [0.15, 0.2) is 0 Å². The Balaban J connectivity index is 0.762. The van der Waals surface area contributed by atoms with Crippen LogP contribution >= 0.6 is 0 Å². The van der Waals surface area contributed by atoms with E-state index < -0.39 is 0 Å². The van der Waals surface area contributed by atoms with Gasteiger partial charge in [-0.25, -0.2) is 0 Å². The molecule has 0 saturated carbocycles. The van der Waals surface area contributed by atoms with E-state index in [1.165, 1.54) is 65.9 Å². The number of fused-ring (bicyclic) bond motifs is 8. The van der Waals surface area contributed by atoms with Gasteiger partial charge in [0.25, 0.3) is 0 Å². The van der Waals surface area contributed by atoms with Gasteiger partial charge in [-0.3, -0.25) is 0 Å². The van der Waals surface area contributed by atoms with E-state index in [1.807, 2.05) is 0 Å². The van der Waals surface area contributed by atoms with Crippen LogP contribution in [-0.4, -0.2) is 18.3 Å². The number of para-hydroxylation sites is 6. The lowest BCUT2D eigenvalue weighted by Crippen LogP contribution is -2.10. The molecule has 19 rings (SSSR count). The lowest BCUT2D eigenvalue weighted by atomic mass is 10.0. The van der Waals surface area contributed by atoms with Gasteiger partial charge < -0.3 is 28.1 Å². The van der Waals surface area contributed by atoms with Gasteiger partial charge in [0.1, 0.15) is 0 Å². The molecule has 0 aliphatic heterocycles. The molecule has 0 fully saturated rings. The Morgan fingerprint density at radius 1 is 0.160 bits per heavy atom. The van der Waals surface area contributed by atoms with Crippen molar-refractivity contribution >= 4 is 99.5 Å². The monoisotopic (exact) mass is 1280 g/mol. The zero-order valence-electron chi connectivity index (χ0n) is 54.6. The van der Waals surface area contributed by atoms with Gasteiger partial charge in [-0.2, -0.15) is 0 Å². The zero-order valence-corrected chi connectivity index (χ0v) is 54.6. The van der Waals surface area contributed by atoms with E-state index in [-0.39, 0.29) is 0 Å². The third-order valence-corrected chi connectivity index (χ3v) is 19.9. The van der Waals surface area contributed by atoms with Crippen molar-refractivity contribution in [1.82, 2.24) is 18.3 Å². The Bertz CT molecular complexity index is 5810. The number of hydrogen-bond acceptors (Lipinski definition) is 2. The minimum absolute atomic E-state index is 1.06. The van der Waals surface area contributed by atoms with Crippen molar-refractivity contribution in [2.45, 2.75) is 0 Å². The zero-order chi connectivity index (χ0) is 66.0. The first-order chi connectivity index (χ1) is 49.6. The number of hydrogen-bond donors (Lipinski definition) is 0. The van der Waals surface area contributed by atoms with E-state index in [0.717, 1.165) is 101 Å². The van der Waals surface area contributed by atoms with Crippen molar-refractivity contribution in [3.63, 3.8) is 0 Å². The fourth-order valence-corrected chi connectivity index (χ4v) is 15.3. The van der Waals surface area contributed by atoms with Gasteiger partial charge in [0.2, 0.25) is 0 Å². The highest BCUT2D eigenvalue weighted by Crippen LogP contribution is 2.45. The summed E-state index contributed by atoms with van der Waals surface area (Å²) in [6.45, 7) is 0. The summed E-state index contributed by atoms with van der Waals surface area (Å²) in [6, 6.07) is 142. The lowest BCUT2D eigenvalue weighted by molar-refractivity contribution is 1.13. The van der Waals surface area contributed by atoms with Crippen LogP contribution in [0.1, 0.15) is 0 Å². The highest BCUT2D eigenvalue weighted by molar-refractivity contribution is 6.12. The van der Waals surface area contributed by atoms with Crippen molar-refractivity contribution < 1.29 is 0 Å². The second-order valence-corrected chi connectivity index (χ2v) is 25.7. The van der Waals surface area contributed by atoms with Crippen molar-refractivity contribution in [2.24, 2.45) is 0 Å². The molecule has 0 aliphatic carbocycles. The minimum Gasteiger partial charge on any atom is -0.310 e. The van der Waals surface area contributed by atoms with Crippen LogP contribution in [0.3, 0.4) is 0 Å². The highest BCUT2D eigenvalue weighted by Gasteiger charge is 2.24. The molecule has 0 radical (unpaired) electrons. The molecule has 6 nitrogen and oxygen atoms in total. The Hall–Kier alpha value is -13.4. The molecule has 470 valence electrons. The van der Waals surface area contributed by atoms with Crippen LogP contribution in [0.2, 0.25) is 0 Å². The third kappa shape index (κ3) is 10.0. The molecule has 0 aliphatic rings. The molecular formula is C94H64N6. The average molecular weight is 1280 g/mol. The molecule has 4 aromatic heterocycles. The van der Waals surface area contributed by atoms with E-state index in [4.69, 9.17) is 0 Å². The summed E-state index contributed by atoms with van der Waals surface area (Å²) in [5.74, 6) is 0. The third-order valence-electron chi connectivity index (χ3n) is 19.9. The van der Waals surface area contributed by atoms with Gasteiger partial charge in [-0.1, -0.05) is 218 Å². The quantitative estimate of drug-likeness (QED) is 0.108. The summed E-state index contributed by atoms with van der Waals surface area (Å²) < 4.78 is 9.68. The Morgan fingerprint density at radius 3 is 0.820 bits per heavy atom. The maximum absolute atomic E-state index is 2.46. The molecule has 100 heavy (non-hydrogen) atoms. The summed E-state index contributed by atoms with van der Waals surface area (Å²) in [6.07, 6.45) is 0. The van der Waals surface area contributed by atoms with E-state index >= 15 is 0 Å². The van der Waals surface area contributed by atoms with Crippen molar-refractivity contribution in [3.05, 3.63) is 388 Å². The summed E-state index contributed by atoms with van der Waals surface area (Å²) in [4.78, 5) is 4.76. The van der Waals surface area contributed by atoms with Crippen molar-refractivity contribution in [2.75, 3.05) is 9.80 Å². The first-order valence-corrected chi connectivity index (χ1v) is 34.2. The van der Waals surface area contributed by atoms with Crippen molar-refractivity contribution in [1.29, 1.82) is 0 Å². The maximum Gasteiger partial charge on any atom is 0.0542 e. The molecule has 0 atom stereocenters. The maximum atomic E-state index is 2.46. The molecule has 0 saturated heterocycles. The van der Waals surface area contributed by atoms with Gasteiger partial charge in [-0.05, 0) is 203 Å². The first-order valence-electron chi connectivity index (χ1n) is 34.2. The van der Waals surface area contributed by atoms with Gasteiger partial charge in [0, 0.05) is 89.2 Å². The van der Waals surface area contributed by atoms with Crippen LogP contribution in [0.15, 0.2) is 388 Å². The molecule has 15 aromatic carbocycles. The number of rotatable bonds is 14. The molecule has 0 spiro atoms. The van der Waals surface area contributed by atoms with Crippen LogP contribution in [0.25, 0.3) is 133 Å². The lowest BCUT2D eigenvalue weighted by Gasteiger charge is -2.26. The normalized spacial score (nSPS) is 11.6. The fraction of sp³-hybridized carbons (Fsp3) is 0. The van der Waals surface area contributed by atoms with Crippen LogP contribution in [-0.2, 0) is 0 Å². The van der Waals surface area contributed by atoms with Gasteiger partial charge in [-0.15, -0.1) is 0 Å². The van der Waals surface area contributed by atoms with Crippen LogP contribution < -0.4 is 9.80 Å². The second kappa shape index (κ2) is 24.3. The Morgan fingerprint density at radius 2 is 0.440 bits per heavy atom. The van der Waals surface area contributed by atoms with E-state index in [9.17, 15) is 0 Å². The molecule has 0 unspecified atom stereocenters. The van der Waals surface area contributed by atoms with Gasteiger partial charge >= 0.3 is 0 Å². The standard InChI is InChI=1S/C94H64N6/c1-7-23-65(24-8-1)67-39-43-69(44-40-67)91-59-71-61-94-72(62-93(71)99(91)79-51-47-77(48-52-79)95(73-27-11-3-12-28-73)81-55-57-89-85(63-81)83-35-19-21-37-87(83)97(89)75-31-15-5-16-32-75)60-92(70-45-41-68(42-46-70)66-25-9-2-10-26-66)100(94)80-53-49-78(50-54-80)96(74-29-13-4-14-30-74)82-56-58-90-86(64-82)84-36-20-22-38-88(84)98(90)76-33-17-6-18-34-76/h1-64H. The topological polar surface area (TPSA) is 26.2 Å². The predicted octanol–water partition coefficient (Wildman–Crippen LogP) is 25.4. The molecule has 0 N–H and O–H groups in total. The number of aromatic nitrogens is 4. The number of nitrogens with zero attached hydrogens (tertiary/aromatic N) is 6. The largest absolute Gasteiger partial charge is 0.310 e.